The SMILES string of the molecule is CC1CCN(C(=O)c2ccc(Nc3cc(Cl)cc(Cl)c3)nc2)CC1. The molecular formula is C18H19Cl2N3O. The normalized spacial score (nSPS) is 15.4. The number of likely N-dealkylation sites (tertiary alicyclic amines) is 1. The van der Waals surface area contributed by atoms with E-state index in [1.165, 1.54) is 0 Å². The molecule has 6 heteroatoms. The first kappa shape index (κ1) is 17.1. The average molecular weight is 364 g/mol. The van der Waals surface area contributed by atoms with Crippen LogP contribution in [0.1, 0.15) is 30.1 Å². The number of nitrogens with one attached hydrogen (secondary N) is 1. The number of rotatable bonds is 3. The molecule has 1 amide bonds. The molecule has 0 saturated carbocycles. The molecule has 0 bridgehead atoms. The van der Waals surface area contributed by atoms with E-state index in [1.807, 2.05) is 4.90 Å². The highest BCUT2D eigenvalue weighted by Crippen LogP contribution is 2.25. The van der Waals surface area contributed by atoms with E-state index in [9.17, 15) is 4.79 Å². The van der Waals surface area contributed by atoms with Gasteiger partial charge < -0.3 is 10.2 Å². The molecule has 1 aliphatic heterocycles. The Bertz CT molecular complexity index is 705. The number of benzene rings is 1. The largest absolute Gasteiger partial charge is 0.340 e. The Hall–Kier alpha value is -1.78. The smallest absolute Gasteiger partial charge is 0.255 e. The van der Waals surface area contributed by atoms with Crippen molar-refractivity contribution in [2.75, 3.05) is 18.4 Å². The lowest BCUT2D eigenvalue weighted by atomic mass is 9.99. The van der Waals surface area contributed by atoms with Crippen LogP contribution < -0.4 is 5.32 Å². The Morgan fingerprint density at radius 1 is 1.17 bits per heavy atom. The lowest BCUT2D eigenvalue weighted by molar-refractivity contribution is 0.0697. The number of hydrogen-bond donors (Lipinski definition) is 1. The summed E-state index contributed by atoms with van der Waals surface area (Å²) in [5, 5.41) is 4.24. The quantitative estimate of drug-likeness (QED) is 0.833. The van der Waals surface area contributed by atoms with E-state index in [0.29, 0.717) is 27.3 Å². The number of pyridine rings is 1. The van der Waals surface area contributed by atoms with Crippen LogP contribution in [0.5, 0.6) is 0 Å². The topological polar surface area (TPSA) is 45.2 Å². The summed E-state index contributed by atoms with van der Waals surface area (Å²) in [7, 11) is 0. The molecule has 126 valence electrons. The maximum atomic E-state index is 12.5. The minimum atomic E-state index is 0.0479. The van der Waals surface area contributed by atoms with E-state index in [1.54, 1.807) is 36.5 Å². The van der Waals surface area contributed by atoms with E-state index < -0.39 is 0 Å². The first-order chi connectivity index (χ1) is 11.5. The molecule has 0 unspecified atom stereocenters. The fraction of sp³-hybridized carbons (Fsp3) is 0.333. The van der Waals surface area contributed by atoms with Crippen molar-refractivity contribution in [1.82, 2.24) is 9.88 Å². The molecule has 4 nitrogen and oxygen atoms in total. The van der Waals surface area contributed by atoms with Gasteiger partial charge in [0.25, 0.3) is 5.91 Å². The van der Waals surface area contributed by atoms with Crippen LogP contribution in [0.4, 0.5) is 11.5 Å². The third kappa shape index (κ3) is 4.19. The molecule has 1 aromatic carbocycles. The van der Waals surface area contributed by atoms with Crippen molar-refractivity contribution in [3.05, 3.63) is 52.1 Å². The van der Waals surface area contributed by atoms with E-state index in [4.69, 9.17) is 23.2 Å². The number of carbonyl (C=O) groups excluding carboxylic acids is 1. The number of amides is 1. The molecule has 1 aliphatic rings. The number of anilines is 2. The van der Waals surface area contributed by atoms with Crippen LogP contribution in [0, 0.1) is 5.92 Å². The van der Waals surface area contributed by atoms with Crippen molar-refractivity contribution in [3.63, 3.8) is 0 Å². The summed E-state index contributed by atoms with van der Waals surface area (Å²) in [6, 6.07) is 8.78. The fourth-order valence-electron chi connectivity index (χ4n) is 2.76. The zero-order valence-corrected chi connectivity index (χ0v) is 14.9. The van der Waals surface area contributed by atoms with Crippen LogP contribution in [-0.4, -0.2) is 28.9 Å². The zero-order valence-electron chi connectivity index (χ0n) is 13.4. The Morgan fingerprint density at radius 3 is 2.42 bits per heavy atom. The molecule has 1 N–H and O–H groups in total. The van der Waals surface area contributed by atoms with Crippen molar-refractivity contribution in [2.24, 2.45) is 5.92 Å². The number of halogens is 2. The van der Waals surface area contributed by atoms with Gasteiger partial charge in [0.05, 0.1) is 5.56 Å². The molecule has 0 spiro atoms. The summed E-state index contributed by atoms with van der Waals surface area (Å²) >= 11 is 12.0. The zero-order chi connectivity index (χ0) is 17.1. The maximum Gasteiger partial charge on any atom is 0.255 e. The van der Waals surface area contributed by atoms with E-state index in [-0.39, 0.29) is 5.91 Å². The summed E-state index contributed by atoms with van der Waals surface area (Å²) in [5.74, 6) is 1.38. The molecule has 1 aromatic heterocycles. The molecule has 0 aliphatic carbocycles. The summed E-state index contributed by atoms with van der Waals surface area (Å²) < 4.78 is 0. The van der Waals surface area contributed by atoms with Crippen LogP contribution >= 0.6 is 23.2 Å². The van der Waals surface area contributed by atoms with Crippen LogP contribution in [0.25, 0.3) is 0 Å². The van der Waals surface area contributed by atoms with Gasteiger partial charge in [-0.1, -0.05) is 30.1 Å². The molecule has 1 saturated heterocycles. The number of piperidine rings is 1. The predicted octanol–water partition coefficient (Wildman–Crippen LogP) is 5.00. The highest BCUT2D eigenvalue weighted by molar-refractivity contribution is 6.35. The molecule has 3 rings (SSSR count). The van der Waals surface area contributed by atoms with Crippen LogP contribution in [0.3, 0.4) is 0 Å². The highest BCUT2D eigenvalue weighted by atomic mass is 35.5. The second-order valence-electron chi connectivity index (χ2n) is 6.19. The second-order valence-corrected chi connectivity index (χ2v) is 7.06. The number of aromatic nitrogens is 1. The third-order valence-electron chi connectivity index (χ3n) is 4.22. The van der Waals surface area contributed by atoms with Gasteiger partial charge in [0, 0.05) is 35.0 Å². The Balaban J connectivity index is 1.67. The van der Waals surface area contributed by atoms with E-state index >= 15 is 0 Å². The first-order valence-electron chi connectivity index (χ1n) is 8.00. The molecular weight excluding hydrogens is 345 g/mol. The molecule has 2 heterocycles. The van der Waals surface area contributed by atoms with Crippen LogP contribution in [0.15, 0.2) is 36.5 Å². The van der Waals surface area contributed by atoms with Crippen LogP contribution in [-0.2, 0) is 0 Å². The molecule has 0 radical (unpaired) electrons. The van der Waals surface area contributed by atoms with Crippen LogP contribution in [0.2, 0.25) is 10.0 Å². The minimum absolute atomic E-state index is 0.0479. The first-order valence-corrected chi connectivity index (χ1v) is 8.75. The average Bonchev–Trinajstić information content (AvgIpc) is 2.55. The van der Waals surface area contributed by atoms with Crippen molar-refractivity contribution < 1.29 is 4.79 Å². The standard InChI is InChI=1S/C18H19Cl2N3O/c1-12-4-6-23(7-5-12)18(24)13-2-3-17(21-11-13)22-16-9-14(19)8-15(20)10-16/h2-3,8-12H,4-7H2,1H3,(H,21,22). The lowest BCUT2D eigenvalue weighted by Crippen LogP contribution is -2.37. The Kier molecular flexibility index (Phi) is 5.27. The van der Waals surface area contributed by atoms with Gasteiger partial charge in [-0.05, 0) is 49.1 Å². The van der Waals surface area contributed by atoms with Gasteiger partial charge in [0.2, 0.25) is 0 Å². The molecule has 0 atom stereocenters. The lowest BCUT2D eigenvalue weighted by Gasteiger charge is -2.30. The van der Waals surface area contributed by atoms with Gasteiger partial charge in [0.15, 0.2) is 0 Å². The van der Waals surface area contributed by atoms with Crippen molar-refractivity contribution in [2.45, 2.75) is 19.8 Å². The van der Waals surface area contributed by atoms with Gasteiger partial charge >= 0.3 is 0 Å². The minimum Gasteiger partial charge on any atom is -0.340 e. The monoisotopic (exact) mass is 363 g/mol. The van der Waals surface area contributed by atoms with Crippen molar-refractivity contribution in [1.29, 1.82) is 0 Å². The van der Waals surface area contributed by atoms with E-state index in [0.717, 1.165) is 31.6 Å². The molecule has 1 fully saturated rings. The number of hydrogen-bond acceptors (Lipinski definition) is 3. The summed E-state index contributed by atoms with van der Waals surface area (Å²) in [4.78, 5) is 18.7. The third-order valence-corrected chi connectivity index (χ3v) is 4.65. The van der Waals surface area contributed by atoms with Gasteiger partial charge in [-0.25, -0.2) is 4.98 Å². The Labute approximate surface area is 151 Å². The second kappa shape index (κ2) is 7.41. The maximum absolute atomic E-state index is 12.5. The summed E-state index contributed by atoms with van der Waals surface area (Å²) in [6.45, 7) is 3.87. The summed E-state index contributed by atoms with van der Waals surface area (Å²) in [6.07, 6.45) is 3.73. The van der Waals surface area contributed by atoms with Crippen molar-refractivity contribution in [3.8, 4) is 0 Å². The van der Waals surface area contributed by atoms with Gasteiger partial charge in [-0.15, -0.1) is 0 Å². The van der Waals surface area contributed by atoms with Crippen molar-refractivity contribution >= 4 is 40.6 Å². The highest BCUT2D eigenvalue weighted by Gasteiger charge is 2.21. The number of carbonyl (C=O) groups is 1. The Morgan fingerprint density at radius 2 is 1.83 bits per heavy atom. The van der Waals surface area contributed by atoms with Gasteiger partial charge in [-0.3, -0.25) is 4.79 Å². The summed E-state index contributed by atoms with van der Waals surface area (Å²) in [5.41, 5.74) is 1.36. The predicted molar refractivity (Wildman–Crippen MR) is 98.3 cm³/mol. The number of nitrogens with zero attached hydrogens (tertiary/aromatic N) is 2. The molecule has 2 aromatic rings. The van der Waals surface area contributed by atoms with Gasteiger partial charge in [-0.2, -0.15) is 0 Å². The van der Waals surface area contributed by atoms with E-state index in [2.05, 4.69) is 17.2 Å². The molecule has 24 heavy (non-hydrogen) atoms. The van der Waals surface area contributed by atoms with Gasteiger partial charge in [0.1, 0.15) is 5.82 Å². The fourth-order valence-corrected chi connectivity index (χ4v) is 3.29.